The topological polar surface area (TPSA) is 78.9 Å². The number of hydrogen-bond donors (Lipinski definition) is 2. The highest BCUT2D eigenvalue weighted by Crippen LogP contribution is 2.32. The van der Waals surface area contributed by atoms with Gasteiger partial charge in [0.25, 0.3) is 0 Å². The normalized spacial score (nSPS) is 11.1. The molecule has 0 aliphatic heterocycles. The van der Waals surface area contributed by atoms with E-state index in [0.717, 1.165) is 22.2 Å². The van der Waals surface area contributed by atoms with Crippen molar-refractivity contribution in [2.45, 2.75) is 13.8 Å². The quantitative estimate of drug-likeness (QED) is 0.691. The first-order chi connectivity index (χ1) is 9.10. The van der Waals surface area contributed by atoms with Crippen LogP contribution in [0.5, 0.6) is 0 Å². The van der Waals surface area contributed by atoms with Gasteiger partial charge >= 0.3 is 5.69 Å². The minimum Gasteiger partial charge on any atom is -0.453 e. The molecule has 1 aromatic carbocycles. The number of aryl methyl sites for hydroxylation is 1. The van der Waals surface area contributed by atoms with Crippen LogP contribution in [0.1, 0.15) is 21.7 Å². The Balaban J connectivity index is 2.40. The number of benzene rings is 1. The van der Waals surface area contributed by atoms with Crippen LogP contribution >= 0.6 is 0 Å². The molecular weight excluding hydrogens is 244 g/mol. The summed E-state index contributed by atoms with van der Waals surface area (Å²) in [6, 6.07) is 5.26. The summed E-state index contributed by atoms with van der Waals surface area (Å²) >= 11 is 0. The van der Waals surface area contributed by atoms with Gasteiger partial charge in [-0.2, -0.15) is 0 Å². The van der Waals surface area contributed by atoms with Crippen LogP contribution in [-0.4, -0.2) is 16.3 Å². The zero-order valence-corrected chi connectivity index (χ0v) is 10.5. The van der Waals surface area contributed by atoms with Crippen molar-refractivity contribution >= 4 is 17.3 Å². The van der Waals surface area contributed by atoms with Crippen molar-refractivity contribution in [3.63, 3.8) is 0 Å². The van der Waals surface area contributed by atoms with Crippen LogP contribution in [0.15, 0.2) is 27.4 Å². The summed E-state index contributed by atoms with van der Waals surface area (Å²) in [6.07, 6.45) is 0.658. The van der Waals surface area contributed by atoms with Crippen LogP contribution in [0, 0.1) is 13.8 Å². The number of aromatic amines is 2. The predicted octanol–water partition coefficient (Wildman–Crippen LogP) is 2.55. The van der Waals surface area contributed by atoms with Gasteiger partial charge < -0.3 is 14.4 Å². The molecule has 5 nitrogen and oxygen atoms in total. The van der Waals surface area contributed by atoms with Gasteiger partial charge in [-0.15, -0.1) is 0 Å². The Morgan fingerprint density at radius 2 is 2.00 bits per heavy atom. The molecule has 0 saturated carbocycles. The van der Waals surface area contributed by atoms with Gasteiger partial charge in [0.2, 0.25) is 0 Å². The lowest BCUT2D eigenvalue weighted by molar-refractivity contribution is 0.110. The fraction of sp³-hybridized carbons (Fsp3) is 0.143. The van der Waals surface area contributed by atoms with Crippen LogP contribution in [0.4, 0.5) is 0 Å². The average molecular weight is 256 g/mol. The summed E-state index contributed by atoms with van der Waals surface area (Å²) in [5.41, 5.74) is 4.02. The number of imidazole rings is 1. The summed E-state index contributed by atoms with van der Waals surface area (Å²) in [7, 11) is 0. The molecule has 0 aliphatic carbocycles. The van der Waals surface area contributed by atoms with Gasteiger partial charge in [-0.3, -0.25) is 4.79 Å². The third-order valence-electron chi connectivity index (χ3n) is 3.32. The number of H-pyrrole nitrogens is 2. The maximum Gasteiger partial charge on any atom is 0.323 e. The molecule has 3 rings (SSSR count). The van der Waals surface area contributed by atoms with E-state index in [0.29, 0.717) is 17.6 Å². The number of nitrogens with one attached hydrogen (secondary N) is 2. The molecule has 96 valence electrons. The minimum absolute atomic E-state index is 0.261. The molecule has 0 amide bonds. The minimum atomic E-state index is -0.261. The first-order valence-corrected chi connectivity index (χ1v) is 5.87. The third-order valence-corrected chi connectivity index (χ3v) is 3.32. The first kappa shape index (κ1) is 11.5. The standard InChI is InChI=1S/C14H12N2O3/c1-7-5-10-13(16-14(18)15-10)12(8(7)2)11-4-3-9(6-17)19-11/h3-6H,1-2H3,(H2,15,16,18). The SMILES string of the molecule is Cc1cc2[nH]c(=O)[nH]c2c(-c2ccc(C=O)o2)c1C. The zero-order valence-electron chi connectivity index (χ0n) is 10.5. The van der Waals surface area contributed by atoms with E-state index in [1.165, 1.54) is 0 Å². The first-order valence-electron chi connectivity index (χ1n) is 5.87. The molecule has 19 heavy (non-hydrogen) atoms. The molecule has 0 atom stereocenters. The van der Waals surface area contributed by atoms with Crippen molar-refractivity contribution in [1.82, 2.24) is 9.97 Å². The Kier molecular flexibility index (Phi) is 2.41. The molecule has 0 radical (unpaired) electrons. The van der Waals surface area contributed by atoms with Crippen molar-refractivity contribution in [1.29, 1.82) is 0 Å². The number of hydrogen-bond acceptors (Lipinski definition) is 3. The lowest BCUT2D eigenvalue weighted by Gasteiger charge is -2.07. The van der Waals surface area contributed by atoms with Gasteiger partial charge in [0.15, 0.2) is 12.0 Å². The lowest BCUT2D eigenvalue weighted by Crippen LogP contribution is -1.99. The van der Waals surface area contributed by atoms with Crippen LogP contribution in [0.3, 0.4) is 0 Å². The number of furan rings is 1. The molecule has 3 aromatic rings. The summed E-state index contributed by atoms with van der Waals surface area (Å²) in [5.74, 6) is 0.838. The van der Waals surface area contributed by atoms with Crippen LogP contribution in [-0.2, 0) is 0 Å². The number of rotatable bonds is 2. The number of aromatic nitrogens is 2. The Morgan fingerprint density at radius 3 is 2.68 bits per heavy atom. The average Bonchev–Trinajstić information content (AvgIpc) is 2.96. The molecule has 2 heterocycles. The molecule has 0 fully saturated rings. The van der Waals surface area contributed by atoms with Crippen molar-refractivity contribution in [3.8, 4) is 11.3 Å². The molecule has 0 bridgehead atoms. The summed E-state index contributed by atoms with van der Waals surface area (Å²) in [5, 5.41) is 0. The molecule has 0 spiro atoms. The zero-order chi connectivity index (χ0) is 13.6. The highest BCUT2D eigenvalue weighted by molar-refractivity contribution is 5.93. The fourth-order valence-corrected chi connectivity index (χ4v) is 2.27. The number of fused-ring (bicyclic) bond motifs is 1. The van der Waals surface area contributed by atoms with Gasteiger partial charge in [0.05, 0.1) is 11.0 Å². The Labute approximate surface area is 108 Å². The molecule has 5 heteroatoms. The molecule has 0 saturated heterocycles. The van der Waals surface area contributed by atoms with Crippen LogP contribution < -0.4 is 5.69 Å². The van der Waals surface area contributed by atoms with Crippen LogP contribution in [0.25, 0.3) is 22.4 Å². The lowest BCUT2D eigenvalue weighted by atomic mass is 10.00. The summed E-state index contributed by atoms with van der Waals surface area (Å²) < 4.78 is 5.47. The van der Waals surface area contributed by atoms with Crippen molar-refractivity contribution in [2.75, 3.05) is 0 Å². The third kappa shape index (κ3) is 1.71. The van der Waals surface area contributed by atoms with E-state index in [4.69, 9.17) is 4.42 Å². The summed E-state index contributed by atoms with van der Waals surface area (Å²) in [6.45, 7) is 3.92. The fourth-order valence-electron chi connectivity index (χ4n) is 2.27. The van der Waals surface area contributed by atoms with Crippen molar-refractivity contribution < 1.29 is 9.21 Å². The Bertz CT molecular complexity index is 836. The molecule has 0 aliphatic rings. The molecule has 2 aromatic heterocycles. The van der Waals surface area contributed by atoms with Gasteiger partial charge in [-0.05, 0) is 43.2 Å². The van der Waals surface area contributed by atoms with Gasteiger partial charge in [-0.25, -0.2) is 4.79 Å². The highest BCUT2D eigenvalue weighted by atomic mass is 16.3. The maximum atomic E-state index is 11.5. The number of aldehydes is 1. The van der Waals surface area contributed by atoms with Crippen molar-refractivity contribution in [2.24, 2.45) is 0 Å². The van der Waals surface area contributed by atoms with Gasteiger partial charge in [0.1, 0.15) is 5.76 Å². The molecular formula is C14H12N2O3. The number of carbonyl (C=O) groups excluding carboxylic acids is 1. The van der Waals surface area contributed by atoms with E-state index >= 15 is 0 Å². The second-order valence-electron chi connectivity index (χ2n) is 4.52. The van der Waals surface area contributed by atoms with E-state index in [9.17, 15) is 9.59 Å². The van der Waals surface area contributed by atoms with Gasteiger partial charge in [0, 0.05) is 5.56 Å². The maximum absolute atomic E-state index is 11.5. The van der Waals surface area contributed by atoms with E-state index in [1.54, 1.807) is 12.1 Å². The van der Waals surface area contributed by atoms with Crippen molar-refractivity contribution in [3.05, 3.63) is 45.6 Å². The van der Waals surface area contributed by atoms with E-state index in [1.807, 2.05) is 19.9 Å². The predicted molar refractivity (Wildman–Crippen MR) is 71.5 cm³/mol. The Hall–Kier alpha value is -2.56. The van der Waals surface area contributed by atoms with Crippen LogP contribution in [0.2, 0.25) is 0 Å². The second kappa shape index (κ2) is 3.98. The largest absolute Gasteiger partial charge is 0.453 e. The highest BCUT2D eigenvalue weighted by Gasteiger charge is 2.15. The van der Waals surface area contributed by atoms with Gasteiger partial charge in [-0.1, -0.05) is 0 Å². The van der Waals surface area contributed by atoms with E-state index in [-0.39, 0.29) is 11.4 Å². The second-order valence-corrected chi connectivity index (χ2v) is 4.52. The van der Waals surface area contributed by atoms with E-state index in [2.05, 4.69) is 9.97 Å². The molecule has 0 unspecified atom stereocenters. The van der Waals surface area contributed by atoms with E-state index < -0.39 is 0 Å². The Morgan fingerprint density at radius 1 is 1.21 bits per heavy atom. The monoisotopic (exact) mass is 256 g/mol. The smallest absolute Gasteiger partial charge is 0.323 e. The molecule has 2 N–H and O–H groups in total. The number of carbonyl (C=O) groups is 1. The summed E-state index contributed by atoms with van der Waals surface area (Å²) in [4.78, 5) is 27.7.